The summed E-state index contributed by atoms with van der Waals surface area (Å²) in [6.45, 7) is 1.99. The first-order valence-corrected chi connectivity index (χ1v) is 5.17. The number of hydrogen-bond acceptors (Lipinski definition) is 4. The van der Waals surface area contributed by atoms with Crippen LogP contribution in [-0.4, -0.2) is 23.0 Å². The molecular formula is C13H12N2O2. The maximum Gasteiger partial charge on any atom is 0.339 e. The minimum Gasteiger partial charge on any atom is -0.465 e. The number of rotatable bonds is 2. The number of aryl methyl sites for hydroxylation is 1. The highest BCUT2D eigenvalue weighted by molar-refractivity contribution is 5.90. The summed E-state index contributed by atoms with van der Waals surface area (Å²) >= 11 is 0. The molecule has 2 heterocycles. The molecule has 2 aromatic heterocycles. The van der Waals surface area contributed by atoms with Gasteiger partial charge in [0.25, 0.3) is 0 Å². The van der Waals surface area contributed by atoms with E-state index in [1.54, 1.807) is 18.5 Å². The lowest BCUT2D eigenvalue weighted by molar-refractivity contribution is 0.0600. The van der Waals surface area contributed by atoms with E-state index < -0.39 is 5.97 Å². The second-order valence-corrected chi connectivity index (χ2v) is 3.67. The number of nitrogens with zero attached hydrogens (tertiary/aromatic N) is 2. The number of carbonyl (C=O) groups excluding carboxylic acids is 1. The molecule has 0 aliphatic rings. The highest BCUT2D eigenvalue weighted by atomic mass is 16.5. The monoisotopic (exact) mass is 228 g/mol. The van der Waals surface area contributed by atoms with Gasteiger partial charge < -0.3 is 4.74 Å². The van der Waals surface area contributed by atoms with Gasteiger partial charge in [0.1, 0.15) is 0 Å². The van der Waals surface area contributed by atoms with Gasteiger partial charge in [0, 0.05) is 24.2 Å². The summed E-state index contributed by atoms with van der Waals surface area (Å²) in [6.07, 6.45) is 4.88. The zero-order valence-electron chi connectivity index (χ0n) is 9.68. The summed E-state index contributed by atoms with van der Waals surface area (Å²) in [4.78, 5) is 19.6. The van der Waals surface area contributed by atoms with Gasteiger partial charge in [-0.2, -0.15) is 0 Å². The zero-order valence-corrected chi connectivity index (χ0v) is 9.68. The first-order chi connectivity index (χ1) is 8.20. The molecule has 0 unspecified atom stereocenters. The lowest BCUT2D eigenvalue weighted by atomic mass is 10.1. The van der Waals surface area contributed by atoms with Gasteiger partial charge in [0.15, 0.2) is 0 Å². The van der Waals surface area contributed by atoms with Crippen molar-refractivity contribution < 1.29 is 9.53 Å². The Morgan fingerprint density at radius 3 is 2.82 bits per heavy atom. The molecule has 0 aliphatic carbocycles. The summed E-state index contributed by atoms with van der Waals surface area (Å²) < 4.78 is 4.65. The normalized spacial score (nSPS) is 10.0. The van der Waals surface area contributed by atoms with Gasteiger partial charge in [-0.05, 0) is 30.7 Å². The van der Waals surface area contributed by atoms with Gasteiger partial charge in [-0.15, -0.1) is 0 Å². The molecule has 2 rings (SSSR count). The molecule has 0 fully saturated rings. The van der Waals surface area contributed by atoms with Crippen molar-refractivity contribution in [1.82, 2.24) is 9.97 Å². The third kappa shape index (κ3) is 2.47. The first-order valence-electron chi connectivity index (χ1n) is 5.17. The predicted octanol–water partition coefficient (Wildman–Crippen LogP) is 2.24. The number of ether oxygens (including phenoxy) is 1. The van der Waals surface area contributed by atoms with Crippen LogP contribution in [0.2, 0.25) is 0 Å². The molecule has 0 aliphatic heterocycles. The van der Waals surface area contributed by atoms with Crippen molar-refractivity contribution in [1.29, 1.82) is 0 Å². The molecule has 0 bridgehead atoms. The van der Waals surface area contributed by atoms with Crippen LogP contribution in [0.4, 0.5) is 0 Å². The standard InChI is InChI=1S/C13H12N2O2/c1-9-3-4-15-12(5-9)10-6-11(8-14-7-10)13(16)17-2/h3-8H,1-2H3. The number of esters is 1. The number of pyridine rings is 2. The van der Waals surface area contributed by atoms with Crippen LogP contribution in [0.25, 0.3) is 11.3 Å². The summed E-state index contributed by atoms with van der Waals surface area (Å²) in [5, 5.41) is 0. The highest BCUT2D eigenvalue weighted by Gasteiger charge is 2.08. The number of methoxy groups -OCH3 is 1. The number of aromatic nitrogens is 2. The average molecular weight is 228 g/mol. The van der Waals surface area contributed by atoms with Crippen LogP contribution in [0.1, 0.15) is 15.9 Å². The fraction of sp³-hybridized carbons (Fsp3) is 0.154. The molecule has 0 atom stereocenters. The lowest BCUT2D eigenvalue weighted by Gasteiger charge is -2.03. The van der Waals surface area contributed by atoms with E-state index in [0.29, 0.717) is 5.56 Å². The Morgan fingerprint density at radius 2 is 2.12 bits per heavy atom. The molecule has 17 heavy (non-hydrogen) atoms. The van der Waals surface area contributed by atoms with Crippen molar-refractivity contribution in [2.45, 2.75) is 6.92 Å². The van der Waals surface area contributed by atoms with Gasteiger partial charge in [0.2, 0.25) is 0 Å². The van der Waals surface area contributed by atoms with Crippen LogP contribution in [-0.2, 0) is 4.74 Å². The van der Waals surface area contributed by atoms with Crippen LogP contribution in [0.15, 0.2) is 36.8 Å². The number of hydrogen-bond donors (Lipinski definition) is 0. The molecule has 4 heteroatoms. The molecule has 0 saturated carbocycles. The van der Waals surface area contributed by atoms with Gasteiger partial charge >= 0.3 is 5.97 Å². The second-order valence-electron chi connectivity index (χ2n) is 3.67. The largest absolute Gasteiger partial charge is 0.465 e. The van der Waals surface area contributed by atoms with E-state index in [1.807, 2.05) is 19.1 Å². The van der Waals surface area contributed by atoms with Crippen molar-refractivity contribution in [2.75, 3.05) is 7.11 Å². The molecule has 0 spiro atoms. The van der Waals surface area contributed by atoms with Crippen LogP contribution in [0.5, 0.6) is 0 Å². The van der Waals surface area contributed by atoms with E-state index >= 15 is 0 Å². The van der Waals surface area contributed by atoms with Crippen molar-refractivity contribution >= 4 is 5.97 Å². The average Bonchev–Trinajstić information content (AvgIpc) is 2.38. The molecule has 4 nitrogen and oxygen atoms in total. The third-order valence-corrected chi connectivity index (χ3v) is 2.37. The van der Waals surface area contributed by atoms with Crippen molar-refractivity contribution in [3.05, 3.63) is 47.9 Å². The van der Waals surface area contributed by atoms with E-state index in [0.717, 1.165) is 16.8 Å². The molecule has 0 radical (unpaired) electrons. The van der Waals surface area contributed by atoms with Crippen molar-refractivity contribution in [3.63, 3.8) is 0 Å². The first kappa shape index (κ1) is 11.3. The van der Waals surface area contributed by atoms with Crippen LogP contribution < -0.4 is 0 Å². The summed E-state index contributed by atoms with van der Waals surface area (Å²) in [5.41, 5.74) is 3.13. The molecule has 0 aromatic carbocycles. The maximum absolute atomic E-state index is 11.4. The topological polar surface area (TPSA) is 52.1 Å². The second kappa shape index (κ2) is 4.74. The third-order valence-electron chi connectivity index (χ3n) is 2.37. The Balaban J connectivity index is 2.43. The van der Waals surface area contributed by atoms with E-state index in [2.05, 4.69) is 14.7 Å². The minimum atomic E-state index is -0.396. The molecule has 86 valence electrons. The SMILES string of the molecule is COC(=O)c1cncc(-c2cc(C)ccn2)c1. The zero-order chi connectivity index (χ0) is 12.3. The van der Waals surface area contributed by atoms with E-state index in [4.69, 9.17) is 0 Å². The van der Waals surface area contributed by atoms with Crippen LogP contribution in [0.3, 0.4) is 0 Å². The van der Waals surface area contributed by atoms with Gasteiger partial charge in [-0.25, -0.2) is 4.79 Å². The van der Waals surface area contributed by atoms with Gasteiger partial charge in [-0.1, -0.05) is 0 Å². The van der Waals surface area contributed by atoms with E-state index in [9.17, 15) is 4.79 Å². The van der Waals surface area contributed by atoms with E-state index in [-0.39, 0.29) is 0 Å². The highest BCUT2D eigenvalue weighted by Crippen LogP contribution is 2.18. The smallest absolute Gasteiger partial charge is 0.339 e. The lowest BCUT2D eigenvalue weighted by Crippen LogP contribution is -2.02. The summed E-state index contributed by atoms with van der Waals surface area (Å²) in [7, 11) is 1.35. The predicted molar refractivity (Wildman–Crippen MR) is 63.5 cm³/mol. The Hall–Kier alpha value is -2.23. The summed E-state index contributed by atoms with van der Waals surface area (Å²) in [5.74, 6) is -0.396. The van der Waals surface area contributed by atoms with E-state index in [1.165, 1.54) is 13.3 Å². The maximum atomic E-state index is 11.4. The Labute approximate surface area is 99.3 Å². The quantitative estimate of drug-likeness (QED) is 0.740. The minimum absolute atomic E-state index is 0.396. The van der Waals surface area contributed by atoms with Crippen molar-refractivity contribution in [3.8, 4) is 11.3 Å². The molecule has 2 aromatic rings. The van der Waals surface area contributed by atoms with Gasteiger partial charge in [-0.3, -0.25) is 9.97 Å². The number of carbonyl (C=O) groups is 1. The fourth-order valence-electron chi connectivity index (χ4n) is 1.50. The van der Waals surface area contributed by atoms with Crippen molar-refractivity contribution in [2.24, 2.45) is 0 Å². The molecule has 0 N–H and O–H groups in total. The Bertz CT molecular complexity index is 553. The van der Waals surface area contributed by atoms with Gasteiger partial charge in [0.05, 0.1) is 18.4 Å². The van der Waals surface area contributed by atoms with Crippen LogP contribution >= 0.6 is 0 Å². The molecule has 0 saturated heterocycles. The summed E-state index contributed by atoms with van der Waals surface area (Å²) in [6, 6.07) is 5.58. The van der Waals surface area contributed by atoms with Crippen LogP contribution in [0, 0.1) is 6.92 Å². The Kier molecular flexibility index (Phi) is 3.14. The molecule has 0 amide bonds. The molecular weight excluding hydrogens is 216 g/mol. The fourth-order valence-corrected chi connectivity index (χ4v) is 1.50. The Morgan fingerprint density at radius 1 is 1.29 bits per heavy atom.